The number of rotatable bonds is 4. The Labute approximate surface area is 116 Å². The van der Waals surface area contributed by atoms with Gasteiger partial charge >= 0.3 is 12.0 Å². The normalized spacial score (nSPS) is 26.6. The van der Waals surface area contributed by atoms with Crippen molar-refractivity contribution >= 4 is 17.9 Å². The lowest BCUT2D eigenvalue weighted by Crippen LogP contribution is -2.52. The van der Waals surface area contributed by atoms with Crippen molar-refractivity contribution in [3.63, 3.8) is 0 Å². The Morgan fingerprint density at radius 3 is 2.95 bits per heavy atom. The summed E-state index contributed by atoms with van der Waals surface area (Å²) in [5.74, 6) is -1.45. The number of nitrogens with one attached hydrogen (secondary N) is 2. The van der Waals surface area contributed by atoms with Gasteiger partial charge in [-0.15, -0.1) is 0 Å². The number of likely N-dealkylation sites (tertiary alicyclic amines) is 1. The first-order valence-electron chi connectivity index (χ1n) is 6.73. The van der Waals surface area contributed by atoms with E-state index in [0.717, 1.165) is 12.8 Å². The molecule has 2 aliphatic heterocycles. The molecule has 112 valence electrons. The van der Waals surface area contributed by atoms with E-state index in [9.17, 15) is 14.4 Å². The van der Waals surface area contributed by atoms with Gasteiger partial charge in [0.15, 0.2) is 6.10 Å². The van der Waals surface area contributed by atoms with Crippen molar-refractivity contribution in [2.24, 2.45) is 5.92 Å². The van der Waals surface area contributed by atoms with E-state index in [1.54, 1.807) is 4.90 Å². The highest BCUT2D eigenvalue weighted by Gasteiger charge is 2.42. The van der Waals surface area contributed by atoms with Crippen LogP contribution in [-0.4, -0.2) is 64.8 Å². The predicted molar refractivity (Wildman–Crippen MR) is 67.9 cm³/mol. The molecule has 0 aromatic carbocycles. The standard InChI is InChI=1S/C12H19N3O5/c16-9(11(18)19)3-4-13-12(20)15-5-1-2-7-8(15)6-14-10(7)17/h7-9,16H,1-6H2,(H,13,20)(H,14,17)(H,18,19). The predicted octanol–water partition coefficient (Wildman–Crippen LogP) is -1.26. The van der Waals surface area contributed by atoms with Gasteiger partial charge in [-0.25, -0.2) is 9.59 Å². The number of urea groups is 1. The van der Waals surface area contributed by atoms with Gasteiger partial charge in [0.1, 0.15) is 0 Å². The molecule has 0 aliphatic carbocycles. The molecule has 8 heteroatoms. The SMILES string of the molecule is O=C(O)C(O)CCNC(=O)N1CCCC2C(=O)NCC21. The van der Waals surface area contributed by atoms with Gasteiger partial charge in [0.05, 0.1) is 12.0 Å². The lowest BCUT2D eigenvalue weighted by atomic mass is 9.92. The molecule has 2 rings (SSSR count). The highest BCUT2D eigenvalue weighted by Crippen LogP contribution is 2.27. The van der Waals surface area contributed by atoms with Gasteiger partial charge in [0.25, 0.3) is 0 Å². The summed E-state index contributed by atoms with van der Waals surface area (Å²) < 4.78 is 0. The number of carbonyl (C=O) groups is 3. The van der Waals surface area contributed by atoms with E-state index in [2.05, 4.69) is 10.6 Å². The average Bonchev–Trinajstić information content (AvgIpc) is 2.80. The minimum atomic E-state index is -1.47. The summed E-state index contributed by atoms with van der Waals surface area (Å²) in [6, 6.07) is -0.436. The molecule has 0 spiro atoms. The van der Waals surface area contributed by atoms with Gasteiger partial charge in [-0.1, -0.05) is 0 Å². The van der Waals surface area contributed by atoms with E-state index >= 15 is 0 Å². The van der Waals surface area contributed by atoms with Gasteiger partial charge in [-0.3, -0.25) is 4.79 Å². The van der Waals surface area contributed by atoms with Crippen molar-refractivity contribution in [2.45, 2.75) is 31.4 Å². The van der Waals surface area contributed by atoms with Gasteiger partial charge in [0.2, 0.25) is 5.91 Å². The summed E-state index contributed by atoms with van der Waals surface area (Å²) in [5.41, 5.74) is 0. The van der Waals surface area contributed by atoms with Gasteiger partial charge in [-0.05, 0) is 12.8 Å². The van der Waals surface area contributed by atoms with Gasteiger partial charge < -0.3 is 25.7 Å². The minimum Gasteiger partial charge on any atom is -0.479 e. The fourth-order valence-electron chi connectivity index (χ4n) is 2.74. The maximum atomic E-state index is 12.0. The molecule has 4 N–H and O–H groups in total. The average molecular weight is 285 g/mol. The number of hydrogen-bond acceptors (Lipinski definition) is 4. The number of amides is 3. The number of aliphatic hydroxyl groups excluding tert-OH is 1. The van der Waals surface area contributed by atoms with Gasteiger partial charge in [-0.2, -0.15) is 0 Å². The molecule has 20 heavy (non-hydrogen) atoms. The zero-order chi connectivity index (χ0) is 14.7. The number of carboxylic acid groups (broad SMARTS) is 1. The number of fused-ring (bicyclic) bond motifs is 1. The van der Waals surface area contributed by atoms with Crippen LogP contribution in [0.3, 0.4) is 0 Å². The molecule has 2 aliphatic rings. The van der Waals surface area contributed by atoms with Crippen LogP contribution in [0.2, 0.25) is 0 Å². The van der Waals surface area contributed by atoms with Crippen LogP contribution in [0.1, 0.15) is 19.3 Å². The zero-order valence-corrected chi connectivity index (χ0v) is 11.0. The maximum absolute atomic E-state index is 12.0. The quantitative estimate of drug-likeness (QED) is 0.514. The monoisotopic (exact) mass is 285 g/mol. The van der Waals surface area contributed by atoms with E-state index in [1.807, 2.05) is 0 Å². The molecule has 3 atom stereocenters. The van der Waals surface area contributed by atoms with Crippen molar-refractivity contribution in [1.82, 2.24) is 15.5 Å². The minimum absolute atomic E-state index is 0.00574. The number of aliphatic hydroxyl groups is 1. The van der Waals surface area contributed by atoms with Crippen LogP contribution >= 0.6 is 0 Å². The third kappa shape index (κ3) is 3.01. The first kappa shape index (κ1) is 14.6. The molecule has 0 radical (unpaired) electrons. The molecule has 0 aromatic rings. The maximum Gasteiger partial charge on any atom is 0.332 e. The molecular weight excluding hydrogens is 266 g/mol. The number of nitrogens with zero attached hydrogens (tertiary/aromatic N) is 1. The van der Waals surface area contributed by atoms with Crippen molar-refractivity contribution in [3.05, 3.63) is 0 Å². The second kappa shape index (κ2) is 6.08. The second-order valence-corrected chi connectivity index (χ2v) is 5.13. The number of piperidine rings is 1. The van der Waals surface area contributed by atoms with E-state index < -0.39 is 12.1 Å². The second-order valence-electron chi connectivity index (χ2n) is 5.13. The number of hydrogen-bond donors (Lipinski definition) is 4. The molecule has 8 nitrogen and oxygen atoms in total. The van der Waals surface area contributed by atoms with E-state index in [-0.39, 0.29) is 36.9 Å². The lowest BCUT2D eigenvalue weighted by molar-refractivity contribution is -0.146. The van der Waals surface area contributed by atoms with Crippen LogP contribution in [0.5, 0.6) is 0 Å². The Hall–Kier alpha value is -1.83. The summed E-state index contributed by atoms with van der Waals surface area (Å²) in [4.78, 5) is 35.7. The van der Waals surface area contributed by atoms with Gasteiger partial charge in [0, 0.05) is 26.1 Å². The molecule has 0 saturated carbocycles. The molecule has 0 bridgehead atoms. The molecule has 2 saturated heterocycles. The Morgan fingerprint density at radius 2 is 2.25 bits per heavy atom. The lowest BCUT2D eigenvalue weighted by Gasteiger charge is -2.35. The third-order valence-corrected chi connectivity index (χ3v) is 3.84. The largest absolute Gasteiger partial charge is 0.479 e. The number of carbonyl (C=O) groups excluding carboxylic acids is 2. The molecule has 2 heterocycles. The van der Waals surface area contributed by atoms with Crippen molar-refractivity contribution in [1.29, 1.82) is 0 Å². The van der Waals surface area contributed by atoms with E-state index in [1.165, 1.54) is 0 Å². The van der Waals surface area contributed by atoms with Crippen LogP contribution in [-0.2, 0) is 9.59 Å². The molecule has 0 aromatic heterocycles. The number of aliphatic carboxylic acids is 1. The topological polar surface area (TPSA) is 119 Å². The van der Waals surface area contributed by atoms with Crippen molar-refractivity contribution in [3.8, 4) is 0 Å². The third-order valence-electron chi connectivity index (χ3n) is 3.84. The molecular formula is C12H19N3O5. The van der Waals surface area contributed by atoms with E-state index in [4.69, 9.17) is 10.2 Å². The molecule has 2 fully saturated rings. The Kier molecular flexibility index (Phi) is 4.43. The van der Waals surface area contributed by atoms with Crippen LogP contribution in [0, 0.1) is 5.92 Å². The zero-order valence-electron chi connectivity index (χ0n) is 11.0. The summed E-state index contributed by atoms with van der Waals surface area (Å²) >= 11 is 0. The summed E-state index contributed by atoms with van der Waals surface area (Å²) in [7, 11) is 0. The Bertz CT molecular complexity index is 414. The fourth-order valence-corrected chi connectivity index (χ4v) is 2.74. The van der Waals surface area contributed by atoms with Crippen LogP contribution < -0.4 is 10.6 Å². The van der Waals surface area contributed by atoms with Crippen LogP contribution in [0.4, 0.5) is 4.79 Å². The fraction of sp³-hybridized carbons (Fsp3) is 0.750. The van der Waals surface area contributed by atoms with E-state index in [0.29, 0.717) is 13.1 Å². The summed E-state index contributed by atoms with van der Waals surface area (Å²) in [5, 5.41) is 23.0. The Balaban J connectivity index is 1.83. The highest BCUT2D eigenvalue weighted by molar-refractivity contribution is 5.84. The number of carboxylic acids is 1. The first-order chi connectivity index (χ1) is 9.50. The first-order valence-corrected chi connectivity index (χ1v) is 6.73. The summed E-state index contributed by atoms with van der Waals surface area (Å²) in [6.07, 6.45) is 0.0527. The Morgan fingerprint density at radius 1 is 1.50 bits per heavy atom. The summed E-state index contributed by atoms with van der Waals surface area (Å²) in [6.45, 7) is 1.14. The molecule has 3 amide bonds. The smallest absolute Gasteiger partial charge is 0.332 e. The van der Waals surface area contributed by atoms with Crippen molar-refractivity contribution in [2.75, 3.05) is 19.6 Å². The van der Waals surface area contributed by atoms with Crippen LogP contribution in [0.25, 0.3) is 0 Å². The van der Waals surface area contributed by atoms with Crippen LogP contribution in [0.15, 0.2) is 0 Å². The highest BCUT2D eigenvalue weighted by atomic mass is 16.4. The molecule has 3 unspecified atom stereocenters. The van der Waals surface area contributed by atoms with Crippen molar-refractivity contribution < 1.29 is 24.6 Å².